The van der Waals surface area contributed by atoms with Gasteiger partial charge in [-0.15, -0.1) is 0 Å². The van der Waals surface area contributed by atoms with Crippen molar-refractivity contribution in [2.75, 3.05) is 18.4 Å². The summed E-state index contributed by atoms with van der Waals surface area (Å²) in [6.45, 7) is 1.09. The van der Waals surface area contributed by atoms with Crippen molar-refractivity contribution in [3.05, 3.63) is 63.1 Å². The van der Waals surface area contributed by atoms with Crippen molar-refractivity contribution in [3.8, 4) is 0 Å². The molecule has 0 aliphatic carbocycles. The number of hydrogen-bond acceptors (Lipinski definition) is 2. The van der Waals surface area contributed by atoms with Crippen molar-refractivity contribution in [3.63, 3.8) is 0 Å². The molecule has 3 nitrogen and oxygen atoms in total. The van der Waals surface area contributed by atoms with E-state index in [0.717, 1.165) is 11.3 Å². The molecule has 2 aromatic carbocycles. The highest BCUT2D eigenvalue weighted by Crippen LogP contribution is 2.21. The molecule has 2 rings (SSSR count). The molecule has 0 fully saturated rings. The van der Waals surface area contributed by atoms with E-state index in [0.29, 0.717) is 41.0 Å². The van der Waals surface area contributed by atoms with Gasteiger partial charge in [-0.05, 0) is 42.3 Å². The van der Waals surface area contributed by atoms with Gasteiger partial charge in [0.15, 0.2) is 0 Å². The van der Waals surface area contributed by atoms with Crippen molar-refractivity contribution in [1.29, 1.82) is 0 Å². The third-order valence-electron chi connectivity index (χ3n) is 3.24. The van der Waals surface area contributed by atoms with Gasteiger partial charge in [0, 0.05) is 40.3 Å². The lowest BCUT2D eigenvalue weighted by Crippen LogP contribution is -2.27. The van der Waals surface area contributed by atoms with Crippen LogP contribution in [0.5, 0.6) is 0 Å². The first kappa shape index (κ1) is 17.9. The van der Waals surface area contributed by atoms with Crippen molar-refractivity contribution >= 4 is 46.4 Å². The first-order valence-corrected chi connectivity index (χ1v) is 8.38. The second-order valence-corrected chi connectivity index (χ2v) is 6.30. The number of anilines is 1. The Balaban J connectivity index is 1.67. The Labute approximate surface area is 150 Å². The van der Waals surface area contributed by atoms with Crippen LogP contribution in [0.3, 0.4) is 0 Å². The Bertz CT molecular complexity index is 677. The third-order valence-corrected chi connectivity index (χ3v) is 4.06. The van der Waals surface area contributed by atoms with Crippen LogP contribution in [0.15, 0.2) is 42.5 Å². The van der Waals surface area contributed by atoms with Crippen LogP contribution < -0.4 is 10.6 Å². The first-order valence-electron chi connectivity index (χ1n) is 7.24. The Morgan fingerprint density at radius 3 is 2.48 bits per heavy atom. The van der Waals surface area contributed by atoms with E-state index in [1.54, 1.807) is 18.2 Å². The van der Waals surface area contributed by atoms with Crippen molar-refractivity contribution in [1.82, 2.24) is 5.32 Å². The van der Waals surface area contributed by atoms with Crippen molar-refractivity contribution in [2.45, 2.75) is 12.8 Å². The van der Waals surface area contributed by atoms with Gasteiger partial charge in [0.25, 0.3) is 0 Å². The molecular formula is C17H17Cl3N2O. The first-order chi connectivity index (χ1) is 11.0. The molecule has 122 valence electrons. The van der Waals surface area contributed by atoms with E-state index >= 15 is 0 Å². The van der Waals surface area contributed by atoms with Crippen LogP contribution in [0.25, 0.3) is 0 Å². The number of carbonyl (C=O) groups excluding carboxylic acids is 1. The molecule has 0 saturated heterocycles. The summed E-state index contributed by atoms with van der Waals surface area (Å²) >= 11 is 17.8. The summed E-state index contributed by atoms with van der Waals surface area (Å²) in [4.78, 5) is 11.8. The number of halogens is 3. The average molecular weight is 372 g/mol. The standard InChI is InChI=1S/C17H17Cl3N2O/c18-13-2-1-3-15(10-13)21-9-7-17(23)22-8-6-12-4-5-14(19)11-16(12)20/h1-5,10-11,21H,6-9H2,(H,22,23). The van der Waals surface area contributed by atoms with Crippen molar-refractivity contribution < 1.29 is 4.79 Å². The second kappa shape index (κ2) is 9.02. The molecule has 0 heterocycles. The van der Waals surface area contributed by atoms with Crippen LogP contribution in [-0.2, 0) is 11.2 Å². The molecule has 0 spiro atoms. The van der Waals surface area contributed by atoms with Gasteiger partial charge in [-0.25, -0.2) is 0 Å². The molecule has 0 radical (unpaired) electrons. The molecule has 0 aliphatic heterocycles. The van der Waals surface area contributed by atoms with Gasteiger partial charge in [0.2, 0.25) is 5.91 Å². The Morgan fingerprint density at radius 2 is 1.74 bits per heavy atom. The smallest absolute Gasteiger partial charge is 0.221 e. The van der Waals surface area contributed by atoms with Gasteiger partial charge < -0.3 is 10.6 Å². The topological polar surface area (TPSA) is 41.1 Å². The van der Waals surface area contributed by atoms with E-state index in [1.807, 2.05) is 24.3 Å². The summed E-state index contributed by atoms with van der Waals surface area (Å²) < 4.78 is 0. The summed E-state index contributed by atoms with van der Waals surface area (Å²) in [5.74, 6) is -0.00962. The molecule has 0 aliphatic rings. The van der Waals surface area contributed by atoms with Crippen molar-refractivity contribution in [2.24, 2.45) is 0 Å². The van der Waals surface area contributed by atoms with E-state index in [2.05, 4.69) is 10.6 Å². The number of amides is 1. The fraction of sp³-hybridized carbons (Fsp3) is 0.235. The summed E-state index contributed by atoms with van der Waals surface area (Å²) in [7, 11) is 0. The van der Waals surface area contributed by atoms with E-state index in [-0.39, 0.29) is 5.91 Å². The monoisotopic (exact) mass is 370 g/mol. The zero-order valence-corrected chi connectivity index (χ0v) is 14.7. The summed E-state index contributed by atoms with van der Waals surface area (Å²) in [6, 6.07) is 12.8. The quantitative estimate of drug-likeness (QED) is 0.733. The number of rotatable bonds is 7. The second-order valence-electron chi connectivity index (χ2n) is 5.02. The molecular weight excluding hydrogens is 355 g/mol. The molecule has 0 unspecified atom stereocenters. The third kappa shape index (κ3) is 6.30. The van der Waals surface area contributed by atoms with E-state index in [1.165, 1.54) is 0 Å². The zero-order valence-electron chi connectivity index (χ0n) is 12.4. The van der Waals surface area contributed by atoms with Gasteiger partial charge in [-0.2, -0.15) is 0 Å². The predicted octanol–water partition coefficient (Wildman–Crippen LogP) is 4.81. The number of carbonyl (C=O) groups is 1. The summed E-state index contributed by atoms with van der Waals surface area (Å²) in [5.41, 5.74) is 1.87. The molecule has 6 heteroatoms. The maximum absolute atomic E-state index is 11.8. The molecule has 1 amide bonds. The highest BCUT2D eigenvalue weighted by atomic mass is 35.5. The largest absolute Gasteiger partial charge is 0.384 e. The lowest BCUT2D eigenvalue weighted by atomic mass is 10.1. The van der Waals surface area contributed by atoms with Gasteiger partial charge in [-0.3, -0.25) is 4.79 Å². The maximum Gasteiger partial charge on any atom is 0.221 e. The van der Waals surface area contributed by atoms with E-state index in [4.69, 9.17) is 34.8 Å². The molecule has 2 aromatic rings. The van der Waals surface area contributed by atoms with Crippen LogP contribution in [0, 0.1) is 0 Å². The highest BCUT2D eigenvalue weighted by Gasteiger charge is 2.04. The van der Waals surface area contributed by atoms with Gasteiger partial charge in [-0.1, -0.05) is 46.9 Å². The lowest BCUT2D eigenvalue weighted by Gasteiger charge is -2.09. The molecule has 23 heavy (non-hydrogen) atoms. The lowest BCUT2D eigenvalue weighted by molar-refractivity contribution is -0.120. The number of benzene rings is 2. The molecule has 0 saturated carbocycles. The van der Waals surface area contributed by atoms with Crippen LogP contribution in [0.4, 0.5) is 5.69 Å². The minimum Gasteiger partial charge on any atom is -0.384 e. The Hall–Kier alpha value is -1.42. The number of nitrogens with one attached hydrogen (secondary N) is 2. The van der Waals surface area contributed by atoms with Gasteiger partial charge >= 0.3 is 0 Å². The molecule has 2 N–H and O–H groups in total. The Morgan fingerprint density at radius 1 is 0.957 bits per heavy atom. The Kier molecular flexibility index (Phi) is 7.03. The minimum absolute atomic E-state index is 0.00962. The van der Waals surface area contributed by atoms with Crippen LogP contribution in [0.1, 0.15) is 12.0 Å². The summed E-state index contributed by atoms with van der Waals surface area (Å²) in [5, 5.41) is 7.92. The fourth-order valence-corrected chi connectivity index (χ4v) is 2.76. The van der Waals surface area contributed by atoms with E-state index in [9.17, 15) is 4.79 Å². The molecule has 0 aromatic heterocycles. The van der Waals surface area contributed by atoms with Crippen LogP contribution >= 0.6 is 34.8 Å². The van der Waals surface area contributed by atoms with E-state index < -0.39 is 0 Å². The normalized spacial score (nSPS) is 10.4. The fourth-order valence-electron chi connectivity index (χ4n) is 2.07. The van der Waals surface area contributed by atoms with Crippen LogP contribution in [-0.4, -0.2) is 19.0 Å². The van der Waals surface area contributed by atoms with Gasteiger partial charge in [0.1, 0.15) is 0 Å². The van der Waals surface area contributed by atoms with Gasteiger partial charge in [0.05, 0.1) is 0 Å². The maximum atomic E-state index is 11.8. The minimum atomic E-state index is -0.00962. The van der Waals surface area contributed by atoms with Crippen LogP contribution in [0.2, 0.25) is 15.1 Å². The zero-order chi connectivity index (χ0) is 16.7. The molecule has 0 atom stereocenters. The number of hydrogen-bond donors (Lipinski definition) is 2. The average Bonchev–Trinajstić information content (AvgIpc) is 2.49. The predicted molar refractivity (Wildman–Crippen MR) is 97.7 cm³/mol. The highest BCUT2D eigenvalue weighted by molar-refractivity contribution is 6.35. The molecule has 0 bridgehead atoms. The SMILES string of the molecule is O=C(CCNc1cccc(Cl)c1)NCCc1ccc(Cl)cc1Cl. The summed E-state index contributed by atoms with van der Waals surface area (Å²) in [6.07, 6.45) is 1.06.